The first kappa shape index (κ1) is 11.5. The van der Waals surface area contributed by atoms with Gasteiger partial charge in [-0.1, -0.05) is 6.07 Å². The highest BCUT2D eigenvalue weighted by atomic mass is 19.4. The number of halogens is 4. The second-order valence-corrected chi connectivity index (χ2v) is 2.93. The summed E-state index contributed by atoms with van der Waals surface area (Å²) >= 11 is 0. The van der Waals surface area contributed by atoms with Crippen LogP contribution in [0.15, 0.2) is 17.2 Å². The Bertz CT molecular complexity index is 396. The largest absolute Gasteiger partial charge is 0.417 e. The van der Waals surface area contributed by atoms with Gasteiger partial charge in [-0.3, -0.25) is 0 Å². The lowest BCUT2D eigenvalue weighted by Crippen LogP contribution is -2.13. The highest BCUT2D eigenvalue weighted by Gasteiger charge is 2.35. The van der Waals surface area contributed by atoms with Crippen molar-refractivity contribution in [3.8, 4) is 0 Å². The average Bonchev–Trinajstić information content (AvgIpc) is 2.09. The van der Waals surface area contributed by atoms with E-state index in [0.717, 1.165) is 12.1 Å². The van der Waals surface area contributed by atoms with Crippen molar-refractivity contribution in [2.45, 2.75) is 13.1 Å². The summed E-state index contributed by atoms with van der Waals surface area (Å²) in [7, 11) is 0. The molecule has 0 radical (unpaired) electrons. The summed E-state index contributed by atoms with van der Waals surface area (Å²) in [4.78, 5) is 0. The van der Waals surface area contributed by atoms with E-state index in [1.165, 1.54) is 6.92 Å². The summed E-state index contributed by atoms with van der Waals surface area (Å²) in [6, 6.07) is 2.01. The third kappa shape index (κ3) is 2.26. The SMILES string of the molecule is Cc1ccc(F)c(C=NN)c1C(F)(F)F. The molecule has 0 saturated heterocycles. The van der Waals surface area contributed by atoms with Crippen LogP contribution in [0.2, 0.25) is 0 Å². The molecule has 0 saturated carbocycles. The zero-order chi connectivity index (χ0) is 11.6. The number of benzene rings is 1. The maximum atomic E-state index is 13.1. The van der Waals surface area contributed by atoms with Crippen molar-refractivity contribution in [2.75, 3.05) is 0 Å². The predicted molar refractivity (Wildman–Crippen MR) is 47.9 cm³/mol. The normalized spacial score (nSPS) is 12.3. The fourth-order valence-corrected chi connectivity index (χ4v) is 1.28. The third-order valence-electron chi connectivity index (χ3n) is 1.89. The highest BCUT2D eigenvalue weighted by molar-refractivity contribution is 5.82. The molecule has 15 heavy (non-hydrogen) atoms. The van der Waals surface area contributed by atoms with E-state index in [2.05, 4.69) is 5.10 Å². The van der Waals surface area contributed by atoms with Crippen LogP contribution >= 0.6 is 0 Å². The molecule has 6 heteroatoms. The summed E-state index contributed by atoms with van der Waals surface area (Å²) in [5.74, 6) is 3.73. The minimum atomic E-state index is -4.62. The van der Waals surface area contributed by atoms with Crippen LogP contribution in [0.5, 0.6) is 0 Å². The third-order valence-corrected chi connectivity index (χ3v) is 1.89. The van der Waals surface area contributed by atoms with Crippen molar-refractivity contribution in [2.24, 2.45) is 10.9 Å². The number of rotatable bonds is 1. The van der Waals surface area contributed by atoms with Gasteiger partial charge in [0.15, 0.2) is 0 Å². The number of nitrogens with two attached hydrogens (primary N) is 1. The molecule has 0 spiro atoms. The van der Waals surface area contributed by atoms with Crippen molar-refractivity contribution in [1.82, 2.24) is 0 Å². The summed E-state index contributed by atoms with van der Waals surface area (Å²) in [5, 5.41) is 2.92. The zero-order valence-corrected chi connectivity index (χ0v) is 7.77. The molecule has 0 bridgehead atoms. The standard InChI is InChI=1S/C9H8F4N2/c1-5-2-3-7(10)6(4-15-14)8(5)9(11,12)13/h2-4H,14H2,1H3. The average molecular weight is 220 g/mol. The van der Waals surface area contributed by atoms with Gasteiger partial charge in [0.2, 0.25) is 0 Å². The van der Waals surface area contributed by atoms with Crippen LogP contribution in [0.4, 0.5) is 17.6 Å². The van der Waals surface area contributed by atoms with Crippen LogP contribution in [-0.2, 0) is 6.18 Å². The lowest BCUT2D eigenvalue weighted by molar-refractivity contribution is -0.138. The van der Waals surface area contributed by atoms with Crippen LogP contribution in [0.1, 0.15) is 16.7 Å². The van der Waals surface area contributed by atoms with Gasteiger partial charge in [-0.2, -0.15) is 18.3 Å². The molecule has 0 aliphatic carbocycles. The van der Waals surface area contributed by atoms with E-state index in [0.29, 0.717) is 6.21 Å². The Hall–Kier alpha value is -1.59. The molecule has 0 unspecified atom stereocenters. The number of hydrogen-bond acceptors (Lipinski definition) is 2. The molecule has 2 N–H and O–H groups in total. The van der Waals surface area contributed by atoms with Crippen molar-refractivity contribution in [1.29, 1.82) is 0 Å². The summed E-state index contributed by atoms with van der Waals surface area (Å²) < 4.78 is 50.7. The van der Waals surface area contributed by atoms with E-state index in [9.17, 15) is 17.6 Å². The number of aryl methyl sites for hydroxylation is 1. The van der Waals surface area contributed by atoms with Gasteiger partial charge in [0.05, 0.1) is 11.8 Å². The maximum absolute atomic E-state index is 13.1. The van der Waals surface area contributed by atoms with Gasteiger partial charge >= 0.3 is 6.18 Å². The summed E-state index contributed by atoms with van der Waals surface area (Å²) in [5.41, 5.74) is -1.75. The van der Waals surface area contributed by atoms with Gasteiger partial charge in [-0.05, 0) is 18.6 Å². The molecule has 0 aliphatic heterocycles. The Labute approximate surface area is 83.4 Å². The minimum absolute atomic E-state index is 0.0706. The van der Waals surface area contributed by atoms with Gasteiger partial charge in [0.1, 0.15) is 5.82 Å². The second-order valence-electron chi connectivity index (χ2n) is 2.93. The van der Waals surface area contributed by atoms with Crippen molar-refractivity contribution >= 4 is 6.21 Å². The fraction of sp³-hybridized carbons (Fsp3) is 0.222. The zero-order valence-electron chi connectivity index (χ0n) is 7.77. The summed E-state index contributed by atoms with van der Waals surface area (Å²) in [6.07, 6.45) is -3.96. The molecular weight excluding hydrogens is 212 g/mol. The Morgan fingerprint density at radius 1 is 1.33 bits per heavy atom. The molecule has 0 aliphatic rings. The quantitative estimate of drug-likeness (QED) is 0.335. The maximum Gasteiger partial charge on any atom is 0.417 e. The molecule has 1 rings (SSSR count). The Balaban J connectivity index is 3.52. The Morgan fingerprint density at radius 3 is 2.40 bits per heavy atom. The molecule has 0 fully saturated rings. The first-order chi connectivity index (χ1) is 6.88. The Kier molecular flexibility index (Phi) is 2.97. The summed E-state index contributed by atoms with van der Waals surface area (Å²) in [6.45, 7) is 1.25. The van der Waals surface area contributed by atoms with Gasteiger partial charge < -0.3 is 5.84 Å². The molecule has 1 aromatic rings. The molecule has 0 amide bonds. The van der Waals surface area contributed by atoms with E-state index in [1.807, 2.05) is 0 Å². The van der Waals surface area contributed by atoms with Crippen LogP contribution in [0, 0.1) is 12.7 Å². The fourth-order valence-electron chi connectivity index (χ4n) is 1.28. The number of hydrogen-bond donors (Lipinski definition) is 1. The topological polar surface area (TPSA) is 38.4 Å². The van der Waals surface area contributed by atoms with E-state index < -0.39 is 23.1 Å². The molecule has 82 valence electrons. The van der Waals surface area contributed by atoms with Crippen molar-refractivity contribution < 1.29 is 17.6 Å². The Morgan fingerprint density at radius 2 is 1.93 bits per heavy atom. The highest BCUT2D eigenvalue weighted by Crippen LogP contribution is 2.34. The molecule has 0 heterocycles. The van der Waals surface area contributed by atoms with Crippen LogP contribution in [-0.4, -0.2) is 6.21 Å². The van der Waals surface area contributed by atoms with Crippen LogP contribution in [0.3, 0.4) is 0 Å². The first-order valence-electron chi connectivity index (χ1n) is 3.97. The van der Waals surface area contributed by atoms with Crippen molar-refractivity contribution in [3.63, 3.8) is 0 Å². The first-order valence-corrected chi connectivity index (χ1v) is 3.97. The van der Waals surface area contributed by atoms with E-state index in [-0.39, 0.29) is 5.56 Å². The molecule has 1 aromatic carbocycles. The number of alkyl halides is 3. The van der Waals surface area contributed by atoms with Gasteiger partial charge in [0.25, 0.3) is 0 Å². The molecular formula is C9H8F4N2. The number of nitrogens with zero attached hydrogens (tertiary/aromatic N) is 1. The molecule has 0 aromatic heterocycles. The van der Waals surface area contributed by atoms with E-state index >= 15 is 0 Å². The van der Waals surface area contributed by atoms with Gasteiger partial charge in [-0.25, -0.2) is 4.39 Å². The minimum Gasteiger partial charge on any atom is -0.323 e. The molecule has 2 nitrogen and oxygen atoms in total. The van der Waals surface area contributed by atoms with Crippen molar-refractivity contribution in [3.05, 3.63) is 34.6 Å². The van der Waals surface area contributed by atoms with Gasteiger partial charge in [0, 0.05) is 5.56 Å². The lowest BCUT2D eigenvalue weighted by atomic mass is 10.0. The number of hydrazone groups is 1. The van der Waals surface area contributed by atoms with Crippen LogP contribution < -0.4 is 5.84 Å². The van der Waals surface area contributed by atoms with E-state index in [1.54, 1.807) is 0 Å². The van der Waals surface area contributed by atoms with Gasteiger partial charge in [-0.15, -0.1) is 0 Å². The van der Waals surface area contributed by atoms with E-state index in [4.69, 9.17) is 5.84 Å². The smallest absolute Gasteiger partial charge is 0.323 e. The van der Waals surface area contributed by atoms with Crippen LogP contribution in [0.25, 0.3) is 0 Å². The second kappa shape index (κ2) is 3.88. The molecule has 0 atom stereocenters. The monoisotopic (exact) mass is 220 g/mol. The predicted octanol–water partition coefficient (Wildman–Crippen LogP) is 2.45. The lowest BCUT2D eigenvalue weighted by Gasteiger charge is -2.13.